The van der Waals surface area contributed by atoms with Crippen molar-refractivity contribution in [3.8, 4) is 0 Å². The zero-order valence-electron chi connectivity index (χ0n) is 8.16. The number of rotatable bonds is 7. The quantitative estimate of drug-likeness (QED) is 0.662. The minimum Gasteiger partial charge on any atom is -0.481 e. The van der Waals surface area contributed by atoms with Gasteiger partial charge in [0, 0.05) is 13.0 Å². The van der Waals surface area contributed by atoms with Crippen LogP contribution in [0.25, 0.3) is 0 Å². The van der Waals surface area contributed by atoms with E-state index >= 15 is 0 Å². The van der Waals surface area contributed by atoms with Crippen LogP contribution in [0.3, 0.4) is 0 Å². The third-order valence-corrected chi connectivity index (χ3v) is 2.39. The molecule has 13 heavy (non-hydrogen) atoms. The molecule has 3 heteroatoms. The molecule has 0 radical (unpaired) electrons. The molecule has 1 N–H and O–H groups in total. The molecule has 0 amide bonds. The van der Waals surface area contributed by atoms with Gasteiger partial charge in [0.15, 0.2) is 0 Å². The summed E-state index contributed by atoms with van der Waals surface area (Å²) in [5.74, 6) is 0.157. The van der Waals surface area contributed by atoms with Crippen molar-refractivity contribution in [3.05, 3.63) is 0 Å². The van der Waals surface area contributed by atoms with Gasteiger partial charge >= 0.3 is 5.97 Å². The lowest BCUT2D eigenvalue weighted by atomic mass is 10.2. The van der Waals surface area contributed by atoms with Gasteiger partial charge in [0.2, 0.25) is 0 Å². The van der Waals surface area contributed by atoms with Crippen molar-refractivity contribution >= 4 is 5.97 Å². The van der Waals surface area contributed by atoms with Crippen molar-refractivity contribution < 1.29 is 14.6 Å². The summed E-state index contributed by atoms with van der Waals surface area (Å²) in [7, 11) is 0. The molecule has 0 spiro atoms. The predicted octanol–water partition coefficient (Wildman–Crippen LogP) is 2.06. The fraction of sp³-hybridized carbons (Fsp3) is 0.900. The molecular weight excluding hydrogens is 168 g/mol. The summed E-state index contributed by atoms with van der Waals surface area (Å²) >= 11 is 0. The third-order valence-electron chi connectivity index (χ3n) is 2.39. The van der Waals surface area contributed by atoms with Crippen LogP contribution in [0.15, 0.2) is 0 Å². The Morgan fingerprint density at radius 1 is 1.62 bits per heavy atom. The molecule has 0 aromatic carbocycles. The molecule has 0 saturated heterocycles. The first-order valence-corrected chi connectivity index (χ1v) is 5.02. The van der Waals surface area contributed by atoms with E-state index in [1.165, 1.54) is 12.8 Å². The standard InChI is InChI=1S/C10H18O3/c1-8(2-5-10(11)12)13-7-6-9-3-4-9/h8-9H,2-7H2,1H3,(H,11,12). The van der Waals surface area contributed by atoms with Crippen molar-refractivity contribution in [1.29, 1.82) is 0 Å². The Balaban J connectivity index is 1.89. The molecule has 76 valence electrons. The minimum absolute atomic E-state index is 0.0925. The monoisotopic (exact) mass is 186 g/mol. The Hall–Kier alpha value is -0.570. The summed E-state index contributed by atoms with van der Waals surface area (Å²) in [5.41, 5.74) is 0. The van der Waals surface area contributed by atoms with Crippen LogP contribution >= 0.6 is 0 Å². The van der Waals surface area contributed by atoms with Gasteiger partial charge in [-0.15, -0.1) is 0 Å². The largest absolute Gasteiger partial charge is 0.481 e. The lowest BCUT2D eigenvalue weighted by molar-refractivity contribution is -0.137. The number of carboxylic acid groups (broad SMARTS) is 1. The predicted molar refractivity (Wildman–Crippen MR) is 49.6 cm³/mol. The van der Waals surface area contributed by atoms with Gasteiger partial charge in [0.1, 0.15) is 0 Å². The molecular formula is C10H18O3. The molecule has 1 atom stereocenters. The molecule has 1 rings (SSSR count). The number of hydrogen-bond donors (Lipinski definition) is 1. The van der Waals surface area contributed by atoms with Crippen LogP contribution < -0.4 is 0 Å². The molecule has 1 saturated carbocycles. The Labute approximate surface area is 79.1 Å². The molecule has 1 fully saturated rings. The van der Waals surface area contributed by atoms with Crippen LogP contribution in [0.5, 0.6) is 0 Å². The second-order valence-electron chi connectivity index (χ2n) is 3.85. The van der Waals surface area contributed by atoms with Crippen molar-refractivity contribution in [2.24, 2.45) is 5.92 Å². The van der Waals surface area contributed by atoms with Crippen LogP contribution in [0.2, 0.25) is 0 Å². The van der Waals surface area contributed by atoms with Crippen molar-refractivity contribution in [2.75, 3.05) is 6.61 Å². The van der Waals surface area contributed by atoms with Crippen LogP contribution in [0.4, 0.5) is 0 Å². The van der Waals surface area contributed by atoms with Crippen LogP contribution in [-0.2, 0) is 9.53 Å². The van der Waals surface area contributed by atoms with E-state index in [9.17, 15) is 4.79 Å². The van der Waals surface area contributed by atoms with Crippen LogP contribution in [0, 0.1) is 5.92 Å². The maximum absolute atomic E-state index is 10.2. The zero-order chi connectivity index (χ0) is 9.68. The van der Waals surface area contributed by atoms with Crippen LogP contribution in [-0.4, -0.2) is 23.8 Å². The molecule has 0 aliphatic heterocycles. The third kappa shape index (κ3) is 5.64. The summed E-state index contributed by atoms with van der Waals surface area (Å²) in [4.78, 5) is 10.2. The number of carboxylic acids is 1. The van der Waals surface area contributed by atoms with Crippen molar-refractivity contribution in [3.63, 3.8) is 0 Å². The van der Waals surface area contributed by atoms with Gasteiger partial charge < -0.3 is 9.84 Å². The average molecular weight is 186 g/mol. The topological polar surface area (TPSA) is 46.5 Å². The second-order valence-corrected chi connectivity index (χ2v) is 3.85. The zero-order valence-corrected chi connectivity index (χ0v) is 8.16. The highest BCUT2D eigenvalue weighted by Gasteiger charge is 2.20. The van der Waals surface area contributed by atoms with E-state index in [1.807, 2.05) is 6.92 Å². The molecule has 1 aliphatic carbocycles. The van der Waals surface area contributed by atoms with E-state index in [0.29, 0.717) is 6.42 Å². The summed E-state index contributed by atoms with van der Waals surface area (Å²) in [6, 6.07) is 0. The summed E-state index contributed by atoms with van der Waals surface area (Å²) in [5, 5.41) is 8.43. The maximum Gasteiger partial charge on any atom is 0.303 e. The highest BCUT2D eigenvalue weighted by atomic mass is 16.5. The van der Waals surface area contributed by atoms with Gasteiger partial charge in [-0.25, -0.2) is 0 Å². The summed E-state index contributed by atoms with van der Waals surface area (Å²) < 4.78 is 5.48. The number of aliphatic carboxylic acids is 1. The van der Waals surface area contributed by atoms with Gasteiger partial charge in [-0.1, -0.05) is 12.8 Å². The molecule has 1 aliphatic rings. The Kier molecular flexibility index (Phi) is 4.22. The molecule has 0 aromatic rings. The fourth-order valence-corrected chi connectivity index (χ4v) is 1.25. The van der Waals surface area contributed by atoms with E-state index in [-0.39, 0.29) is 12.5 Å². The summed E-state index contributed by atoms with van der Waals surface area (Å²) in [6.45, 7) is 2.74. The van der Waals surface area contributed by atoms with E-state index in [4.69, 9.17) is 9.84 Å². The molecule has 1 unspecified atom stereocenters. The van der Waals surface area contributed by atoms with E-state index < -0.39 is 5.97 Å². The van der Waals surface area contributed by atoms with Crippen molar-refractivity contribution in [1.82, 2.24) is 0 Å². The Morgan fingerprint density at radius 3 is 2.85 bits per heavy atom. The van der Waals surface area contributed by atoms with Gasteiger partial charge in [0.25, 0.3) is 0 Å². The SMILES string of the molecule is CC(CCC(=O)O)OCCC1CC1. The Morgan fingerprint density at radius 2 is 2.31 bits per heavy atom. The maximum atomic E-state index is 10.2. The van der Waals surface area contributed by atoms with Gasteiger partial charge in [-0.3, -0.25) is 4.79 Å². The fourth-order valence-electron chi connectivity index (χ4n) is 1.25. The first-order valence-electron chi connectivity index (χ1n) is 5.02. The minimum atomic E-state index is -0.738. The van der Waals surface area contributed by atoms with Crippen molar-refractivity contribution in [2.45, 2.75) is 45.1 Å². The molecule has 3 nitrogen and oxygen atoms in total. The molecule has 0 bridgehead atoms. The lowest BCUT2D eigenvalue weighted by Gasteiger charge is -2.11. The molecule has 0 aromatic heterocycles. The van der Waals surface area contributed by atoms with Gasteiger partial charge in [0.05, 0.1) is 6.10 Å². The number of carbonyl (C=O) groups is 1. The highest BCUT2D eigenvalue weighted by molar-refractivity contribution is 5.66. The van der Waals surface area contributed by atoms with Gasteiger partial charge in [-0.05, 0) is 25.7 Å². The van der Waals surface area contributed by atoms with Gasteiger partial charge in [-0.2, -0.15) is 0 Å². The smallest absolute Gasteiger partial charge is 0.303 e. The van der Waals surface area contributed by atoms with E-state index in [0.717, 1.165) is 18.9 Å². The molecule has 0 heterocycles. The van der Waals surface area contributed by atoms with E-state index in [2.05, 4.69) is 0 Å². The number of ether oxygens (including phenoxy) is 1. The Bertz CT molecular complexity index is 164. The second kappa shape index (κ2) is 5.22. The normalized spacial score (nSPS) is 18.5. The van der Waals surface area contributed by atoms with E-state index in [1.54, 1.807) is 0 Å². The lowest BCUT2D eigenvalue weighted by Crippen LogP contribution is -2.11. The van der Waals surface area contributed by atoms with Crippen LogP contribution in [0.1, 0.15) is 39.0 Å². The first-order chi connectivity index (χ1) is 6.18. The average Bonchev–Trinajstić information content (AvgIpc) is 2.84. The highest BCUT2D eigenvalue weighted by Crippen LogP contribution is 2.32. The summed E-state index contributed by atoms with van der Waals surface area (Å²) in [6.07, 6.45) is 4.79. The first kappa shape index (κ1) is 10.5. The number of hydrogen-bond acceptors (Lipinski definition) is 2.